The van der Waals surface area contributed by atoms with E-state index in [0.717, 1.165) is 44.9 Å². The Morgan fingerprint density at radius 2 is 0.812 bits per heavy atom. The van der Waals surface area contributed by atoms with E-state index in [2.05, 4.69) is 32.9 Å². The normalized spacial score (nSPS) is 12.1. The number of rotatable bonds is 39. The van der Waals surface area contributed by atoms with Gasteiger partial charge in [-0.25, -0.2) is 0 Å². The summed E-state index contributed by atoms with van der Waals surface area (Å²) >= 11 is 0. The highest BCUT2D eigenvalue weighted by Gasteiger charge is 2.17. The van der Waals surface area contributed by atoms with Crippen molar-refractivity contribution in [2.45, 2.75) is 232 Å². The average molecular weight is 679 g/mol. The summed E-state index contributed by atoms with van der Waals surface area (Å²) in [4.78, 5) is 25.1. The molecule has 0 aromatic carbocycles. The number of ether oxygens (including phenoxy) is 3. The van der Waals surface area contributed by atoms with Crippen LogP contribution in [0.1, 0.15) is 226 Å². The zero-order valence-electron chi connectivity index (χ0n) is 32.5. The van der Waals surface area contributed by atoms with Crippen molar-refractivity contribution in [2.24, 2.45) is 0 Å². The van der Waals surface area contributed by atoms with Crippen LogP contribution >= 0.6 is 0 Å². The van der Waals surface area contributed by atoms with E-state index >= 15 is 0 Å². The van der Waals surface area contributed by atoms with Crippen LogP contribution in [-0.2, 0) is 23.8 Å². The van der Waals surface area contributed by atoms with E-state index in [1.54, 1.807) is 0 Å². The van der Waals surface area contributed by atoms with E-state index in [-0.39, 0.29) is 18.5 Å². The lowest BCUT2D eigenvalue weighted by Gasteiger charge is -2.18. The molecule has 284 valence electrons. The van der Waals surface area contributed by atoms with E-state index in [1.165, 1.54) is 148 Å². The Hall–Kier alpha value is -1.36. The molecule has 5 heteroatoms. The first-order valence-electron chi connectivity index (χ1n) is 21.2. The van der Waals surface area contributed by atoms with Crippen LogP contribution in [0.5, 0.6) is 0 Å². The van der Waals surface area contributed by atoms with Crippen LogP contribution in [0.4, 0.5) is 0 Å². The van der Waals surface area contributed by atoms with Gasteiger partial charge < -0.3 is 14.2 Å². The smallest absolute Gasteiger partial charge is 0.306 e. The van der Waals surface area contributed by atoms with Gasteiger partial charge in [0.2, 0.25) is 0 Å². The number of hydrogen-bond donors (Lipinski definition) is 0. The fourth-order valence-corrected chi connectivity index (χ4v) is 6.09. The first-order chi connectivity index (χ1) is 23.6. The summed E-state index contributed by atoms with van der Waals surface area (Å²) in [6.45, 7) is 7.81. The van der Waals surface area contributed by atoms with Gasteiger partial charge in [0, 0.05) is 19.4 Å². The summed E-state index contributed by atoms with van der Waals surface area (Å²) in [5.74, 6) is -0.399. The molecule has 0 aliphatic rings. The monoisotopic (exact) mass is 679 g/mol. The van der Waals surface area contributed by atoms with Gasteiger partial charge in [0.15, 0.2) is 6.10 Å². The van der Waals surface area contributed by atoms with Gasteiger partial charge >= 0.3 is 11.9 Å². The van der Waals surface area contributed by atoms with E-state index in [4.69, 9.17) is 14.2 Å². The van der Waals surface area contributed by atoms with E-state index in [0.29, 0.717) is 26.1 Å². The summed E-state index contributed by atoms with van der Waals surface area (Å²) in [5, 5.41) is 0. The Balaban J connectivity index is 4.20. The van der Waals surface area contributed by atoms with Gasteiger partial charge in [-0.1, -0.05) is 181 Å². The van der Waals surface area contributed by atoms with Crippen molar-refractivity contribution in [3.63, 3.8) is 0 Å². The molecule has 0 amide bonds. The van der Waals surface area contributed by atoms with Crippen LogP contribution in [0, 0.1) is 0 Å². The van der Waals surface area contributed by atoms with Crippen molar-refractivity contribution in [1.82, 2.24) is 0 Å². The van der Waals surface area contributed by atoms with Crippen molar-refractivity contribution >= 4 is 11.9 Å². The predicted octanol–water partition coefficient (Wildman–Crippen LogP) is 13.6. The average Bonchev–Trinajstić information content (AvgIpc) is 3.08. The van der Waals surface area contributed by atoms with E-state index in [1.807, 2.05) is 0 Å². The minimum Gasteiger partial charge on any atom is -0.462 e. The summed E-state index contributed by atoms with van der Waals surface area (Å²) in [7, 11) is 0. The molecule has 0 radical (unpaired) electrons. The van der Waals surface area contributed by atoms with Gasteiger partial charge in [-0.15, -0.1) is 0 Å². The zero-order chi connectivity index (χ0) is 35.0. The first-order valence-corrected chi connectivity index (χ1v) is 21.2. The summed E-state index contributed by atoms with van der Waals surface area (Å²) in [6, 6.07) is 0. The highest BCUT2D eigenvalue weighted by molar-refractivity contribution is 5.70. The van der Waals surface area contributed by atoms with Crippen LogP contribution in [0.25, 0.3) is 0 Å². The Kier molecular flexibility index (Phi) is 38.9. The molecule has 0 rings (SSSR count). The molecule has 0 bridgehead atoms. The minimum absolute atomic E-state index is 0.0884. The molecule has 1 atom stereocenters. The number of esters is 2. The van der Waals surface area contributed by atoms with Crippen molar-refractivity contribution in [3.8, 4) is 0 Å². The fourth-order valence-electron chi connectivity index (χ4n) is 6.09. The molecular weight excluding hydrogens is 596 g/mol. The topological polar surface area (TPSA) is 61.8 Å². The molecule has 0 saturated carbocycles. The van der Waals surface area contributed by atoms with E-state index < -0.39 is 6.10 Å². The highest BCUT2D eigenvalue weighted by atomic mass is 16.6. The van der Waals surface area contributed by atoms with Crippen LogP contribution in [-0.4, -0.2) is 37.9 Å². The van der Waals surface area contributed by atoms with Gasteiger partial charge in [-0.2, -0.15) is 0 Å². The lowest BCUT2D eigenvalue weighted by molar-refractivity contribution is -0.163. The van der Waals surface area contributed by atoms with Crippen LogP contribution in [0.3, 0.4) is 0 Å². The molecule has 0 fully saturated rings. The minimum atomic E-state index is -0.525. The van der Waals surface area contributed by atoms with E-state index in [9.17, 15) is 9.59 Å². The molecule has 0 aliphatic carbocycles. The number of carbonyl (C=O) groups excluding carboxylic acids is 2. The number of allylic oxidation sites excluding steroid dienone is 2. The standard InChI is InChI=1S/C43H82O5/c1-4-7-10-13-16-19-21-22-23-25-27-30-33-36-42(44)47-40-41(39-46-38-35-32-29-26-20-17-14-11-8-5-2)48-43(45)37-34-31-28-24-18-15-12-9-6-3/h19,21,41H,4-18,20,22-40H2,1-3H3/b21-19-. The van der Waals surface area contributed by atoms with Crippen molar-refractivity contribution < 1.29 is 23.8 Å². The lowest BCUT2D eigenvalue weighted by atomic mass is 10.1. The Morgan fingerprint density at radius 1 is 0.438 bits per heavy atom. The molecular formula is C43H82O5. The first kappa shape index (κ1) is 46.6. The van der Waals surface area contributed by atoms with Gasteiger partial charge in [0.1, 0.15) is 6.61 Å². The maximum Gasteiger partial charge on any atom is 0.306 e. The number of hydrogen-bond acceptors (Lipinski definition) is 5. The summed E-state index contributed by atoms with van der Waals surface area (Å²) in [5.41, 5.74) is 0. The van der Waals surface area contributed by atoms with Gasteiger partial charge in [-0.05, 0) is 44.9 Å². The molecule has 0 spiro atoms. The Labute approximate surface area is 299 Å². The Bertz CT molecular complexity index is 691. The fraction of sp³-hybridized carbons (Fsp3) is 0.907. The van der Waals surface area contributed by atoms with Crippen molar-refractivity contribution in [3.05, 3.63) is 12.2 Å². The quantitative estimate of drug-likeness (QED) is 0.0368. The molecule has 0 aromatic rings. The second-order valence-corrected chi connectivity index (χ2v) is 14.3. The molecule has 0 aromatic heterocycles. The molecule has 0 heterocycles. The third-order valence-electron chi connectivity index (χ3n) is 9.30. The largest absolute Gasteiger partial charge is 0.462 e. The summed E-state index contributed by atoms with van der Waals surface area (Å²) in [6.07, 6.45) is 42.0. The maximum atomic E-state index is 12.6. The van der Waals surface area contributed by atoms with Crippen molar-refractivity contribution in [1.29, 1.82) is 0 Å². The number of carbonyl (C=O) groups is 2. The molecule has 0 aliphatic heterocycles. The zero-order valence-corrected chi connectivity index (χ0v) is 32.5. The molecule has 48 heavy (non-hydrogen) atoms. The van der Waals surface area contributed by atoms with Crippen LogP contribution < -0.4 is 0 Å². The SMILES string of the molecule is CCCCCC/C=C\CCCCCCCC(=O)OCC(COCCCCCCCCCCCC)OC(=O)CCCCCCCCCCC. The van der Waals surface area contributed by atoms with Gasteiger partial charge in [0.25, 0.3) is 0 Å². The maximum absolute atomic E-state index is 12.6. The number of unbranched alkanes of at least 4 members (excludes halogenated alkanes) is 26. The molecule has 0 saturated heterocycles. The van der Waals surface area contributed by atoms with Gasteiger partial charge in [-0.3, -0.25) is 9.59 Å². The van der Waals surface area contributed by atoms with Crippen molar-refractivity contribution in [2.75, 3.05) is 19.8 Å². The summed E-state index contributed by atoms with van der Waals surface area (Å²) < 4.78 is 17.2. The van der Waals surface area contributed by atoms with Gasteiger partial charge in [0.05, 0.1) is 6.61 Å². The second kappa shape index (κ2) is 40.1. The lowest BCUT2D eigenvalue weighted by Crippen LogP contribution is -2.30. The molecule has 0 N–H and O–H groups in total. The van der Waals surface area contributed by atoms with Crippen LogP contribution in [0.15, 0.2) is 12.2 Å². The third kappa shape index (κ3) is 37.5. The Morgan fingerprint density at radius 3 is 1.29 bits per heavy atom. The second-order valence-electron chi connectivity index (χ2n) is 14.3. The highest BCUT2D eigenvalue weighted by Crippen LogP contribution is 2.14. The predicted molar refractivity (Wildman–Crippen MR) is 206 cm³/mol. The molecule has 5 nitrogen and oxygen atoms in total. The van der Waals surface area contributed by atoms with Crippen LogP contribution in [0.2, 0.25) is 0 Å². The third-order valence-corrected chi connectivity index (χ3v) is 9.30. The molecule has 1 unspecified atom stereocenters.